The van der Waals surface area contributed by atoms with Crippen LogP contribution in [-0.4, -0.2) is 83.3 Å². The SMILES string of the molecule is C[C@@H](NC(=O)c1ncc2c(n1)N(C(=O)Nc1cccc(OC[C@@H]3COC(C)(C)O3)n1)C1CCCN2C1)C(F)(F)F. The van der Waals surface area contributed by atoms with Crippen LogP contribution in [0.15, 0.2) is 24.4 Å². The summed E-state index contributed by atoms with van der Waals surface area (Å²) in [7, 11) is 0. The molecule has 5 heterocycles. The summed E-state index contributed by atoms with van der Waals surface area (Å²) in [4.78, 5) is 42.1. The number of carbonyl (C=O) groups excluding carboxylic acids is 2. The van der Waals surface area contributed by atoms with E-state index < -0.39 is 35.8 Å². The third kappa shape index (κ3) is 6.04. The summed E-state index contributed by atoms with van der Waals surface area (Å²) in [5, 5.41) is 4.61. The number of ether oxygens (including phenoxy) is 3. The summed E-state index contributed by atoms with van der Waals surface area (Å²) < 4.78 is 55.9. The Bertz CT molecular complexity index is 1280. The van der Waals surface area contributed by atoms with E-state index in [1.54, 1.807) is 18.2 Å². The van der Waals surface area contributed by atoms with Gasteiger partial charge in [0, 0.05) is 19.2 Å². The molecule has 2 aromatic heterocycles. The van der Waals surface area contributed by atoms with Crippen molar-refractivity contribution in [3.63, 3.8) is 0 Å². The number of anilines is 3. The van der Waals surface area contributed by atoms with Gasteiger partial charge in [0.2, 0.25) is 11.7 Å². The molecule has 216 valence electrons. The molecule has 2 bridgehead atoms. The van der Waals surface area contributed by atoms with Crippen LogP contribution >= 0.6 is 0 Å². The Kier molecular flexibility index (Phi) is 7.44. The van der Waals surface area contributed by atoms with E-state index in [0.29, 0.717) is 31.8 Å². The van der Waals surface area contributed by atoms with E-state index in [0.717, 1.165) is 13.3 Å². The summed E-state index contributed by atoms with van der Waals surface area (Å²) >= 11 is 0. The van der Waals surface area contributed by atoms with Gasteiger partial charge in [-0.05, 0) is 39.7 Å². The van der Waals surface area contributed by atoms with E-state index in [1.807, 2.05) is 24.1 Å². The number of rotatable bonds is 6. The van der Waals surface area contributed by atoms with Gasteiger partial charge in [-0.3, -0.25) is 15.0 Å². The fourth-order valence-corrected chi connectivity index (χ4v) is 4.80. The molecule has 1 unspecified atom stereocenters. The van der Waals surface area contributed by atoms with Crippen LogP contribution in [0.25, 0.3) is 0 Å². The summed E-state index contributed by atoms with van der Waals surface area (Å²) in [5.41, 5.74) is 0.512. The molecule has 0 aliphatic carbocycles. The number of piperidine rings is 1. The van der Waals surface area contributed by atoms with Crippen LogP contribution < -0.4 is 25.2 Å². The van der Waals surface area contributed by atoms with Gasteiger partial charge in [0.25, 0.3) is 5.91 Å². The lowest BCUT2D eigenvalue weighted by molar-refractivity contribution is -0.149. The van der Waals surface area contributed by atoms with E-state index in [4.69, 9.17) is 14.2 Å². The molecule has 0 radical (unpaired) electrons. The number of halogens is 3. The average molecular weight is 566 g/mol. The zero-order chi connectivity index (χ0) is 28.7. The van der Waals surface area contributed by atoms with Gasteiger partial charge < -0.3 is 24.4 Å². The van der Waals surface area contributed by atoms with Crippen LogP contribution in [-0.2, 0) is 9.47 Å². The number of hydrogen-bond acceptors (Lipinski definition) is 9. The maximum atomic E-state index is 13.5. The van der Waals surface area contributed by atoms with Crippen molar-refractivity contribution in [2.24, 2.45) is 0 Å². The van der Waals surface area contributed by atoms with Crippen molar-refractivity contribution >= 4 is 29.3 Å². The van der Waals surface area contributed by atoms with E-state index in [2.05, 4.69) is 20.3 Å². The molecule has 0 spiro atoms. The Morgan fingerprint density at radius 3 is 2.80 bits per heavy atom. The second-order valence-corrected chi connectivity index (χ2v) is 10.3. The number of amides is 3. The third-order valence-corrected chi connectivity index (χ3v) is 6.78. The van der Waals surface area contributed by atoms with Gasteiger partial charge >= 0.3 is 12.2 Å². The third-order valence-electron chi connectivity index (χ3n) is 6.78. The van der Waals surface area contributed by atoms with Crippen molar-refractivity contribution in [1.29, 1.82) is 0 Å². The number of carbonyl (C=O) groups is 2. The average Bonchev–Trinajstić information content (AvgIpc) is 3.25. The predicted octanol–water partition coefficient (Wildman–Crippen LogP) is 3.10. The number of hydrogen-bond donors (Lipinski definition) is 2. The quantitative estimate of drug-likeness (QED) is 0.543. The van der Waals surface area contributed by atoms with Gasteiger partial charge in [0.15, 0.2) is 11.6 Å². The Balaban J connectivity index is 1.33. The number of nitrogens with one attached hydrogen (secondary N) is 2. The Hall–Kier alpha value is -3.72. The van der Waals surface area contributed by atoms with E-state index >= 15 is 0 Å². The molecule has 2 fully saturated rings. The maximum Gasteiger partial charge on any atom is 0.408 e. The van der Waals surface area contributed by atoms with Gasteiger partial charge in [-0.1, -0.05) is 6.07 Å². The van der Waals surface area contributed by atoms with Crippen LogP contribution in [0, 0.1) is 0 Å². The smallest absolute Gasteiger partial charge is 0.408 e. The largest absolute Gasteiger partial charge is 0.475 e. The van der Waals surface area contributed by atoms with Crippen molar-refractivity contribution in [3.05, 3.63) is 30.2 Å². The first-order chi connectivity index (χ1) is 18.9. The molecule has 0 aromatic carbocycles. The zero-order valence-electron chi connectivity index (χ0n) is 22.2. The van der Waals surface area contributed by atoms with E-state index in [1.165, 1.54) is 11.1 Å². The molecule has 15 heteroatoms. The van der Waals surface area contributed by atoms with E-state index in [9.17, 15) is 22.8 Å². The first-order valence-electron chi connectivity index (χ1n) is 12.9. The molecule has 5 rings (SSSR count). The molecule has 3 aliphatic heterocycles. The zero-order valence-corrected chi connectivity index (χ0v) is 22.2. The van der Waals surface area contributed by atoms with Crippen molar-refractivity contribution in [1.82, 2.24) is 20.3 Å². The number of alkyl halides is 3. The predicted molar refractivity (Wildman–Crippen MR) is 136 cm³/mol. The highest BCUT2D eigenvalue weighted by Gasteiger charge is 2.41. The molecule has 2 saturated heterocycles. The second kappa shape index (κ2) is 10.7. The van der Waals surface area contributed by atoms with Gasteiger partial charge in [-0.2, -0.15) is 18.2 Å². The van der Waals surface area contributed by atoms with Gasteiger partial charge in [0.1, 0.15) is 24.6 Å². The molecule has 0 saturated carbocycles. The minimum absolute atomic E-state index is 0.140. The second-order valence-electron chi connectivity index (χ2n) is 10.3. The normalized spacial score (nSPS) is 22.4. The molecule has 3 atom stereocenters. The number of nitrogens with zero attached hydrogens (tertiary/aromatic N) is 5. The Morgan fingerprint density at radius 2 is 2.08 bits per heavy atom. The van der Waals surface area contributed by atoms with Crippen LogP contribution in [0.1, 0.15) is 44.2 Å². The van der Waals surface area contributed by atoms with Crippen molar-refractivity contribution in [2.45, 2.75) is 63.8 Å². The fraction of sp³-hybridized carbons (Fsp3) is 0.560. The van der Waals surface area contributed by atoms with E-state index in [-0.39, 0.29) is 36.3 Å². The fourth-order valence-electron chi connectivity index (χ4n) is 4.80. The minimum atomic E-state index is -4.63. The summed E-state index contributed by atoms with van der Waals surface area (Å²) in [6, 6.07) is 1.99. The van der Waals surface area contributed by atoms with Crippen molar-refractivity contribution in [3.8, 4) is 5.88 Å². The number of aromatic nitrogens is 3. The molecular formula is C25H30F3N7O5. The van der Waals surface area contributed by atoms with Crippen LogP contribution in [0.4, 0.5) is 35.3 Å². The molecule has 12 nitrogen and oxygen atoms in total. The number of urea groups is 1. The highest BCUT2D eigenvalue weighted by Crippen LogP contribution is 2.37. The van der Waals surface area contributed by atoms with Crippen LogP contribution in [0.2, 0.25) is 0 Å². The number of pyridine rings is 1. The first-order valence-corrected chi connectivity index (χ1v) is 12.9. The highest BCUT2D eigenvalue weighted by atomic mass is 19.4. The summed E-state index contributed by atoms with van der Waals surface area (Å²) in [5.74, 6) is -1.61. The van der Waals surface area contributed by atoms with Crippen LogP contribution in [0.5, 0.6) is 5.88 Å². The van der Waals surface area contributed by atoms with Crippen molar-refractivity contribution in [2.75, 3.05) is 41.4 Å². The van der Waals surface area contributed by atoms with Gasteiger partial charge in [-0.25, -0.2) is 14.8 Å². The topological polar surface area (TPSA) is 131 Å². The highest BCUT2D eigenvalue weighted by molar-refractivity contribution is 6.04. The maximum absolute atomic E-state index is 13.5. The molecule has 2 aromatic rings. The minimum Gasteiger partial charge on any atom is -0.475 e. The van der Waals surface area contributed by atoms with Crippen molar-refractivity contribution < 1.29 is 37.0 Å². The lowest BCUT2D eigenvalue weighted by Crippen LogP contribution is -2.56. The molecule has 40 heavy (non-hydrogen) atoms. The summed E-state index contributed by atoms with van der Waals surface area (Å²) in [6.45, 7) is 6.27. The molecular weight excluding hydrogens is 535 g/mol. The molecule has 2 N–H and O–H groups in total. The molecule has 3 amide bonds. The van der Waals surface area contributed by atoms with Gasteiger partial charge in [0.05, 0.1) is 24.5 Å². The van der Waals surface area contributed by atoms with Crippen LogP contribution in [0.3, 0.4) is 0 Å². The number of fused-ring (bicyclic) bond motifs is 4. The molecule has 3 aliphatic rings. The lowest BCUT2D eigenvalue weighted by Gasteiger charge is -2.45. The lowest BCUT2D eigenvalue weighted by atomic mass is 10.0. The van der Waals surface area contributed by atoms with Gasteiger partial charge in [-0.15, -0.1) is 0 Å². The first kappa shape index (κ1) is 27.8. The Labute approximate surface area is 228 Å². The summed E-state index contributed by atoms with van der Waals surface area (Å²) in [6.07, 6.45) is -2.04. The Morgan fingerprint density at radius 1 is 1.27 bits per heavy atom. The monoisotopic (exact) mass is 565 g/mol. The standard InChI is InChI=1S/C25H30F3N7O5/c1-14(25(26,27)28)30-22(36)20-29-10-17-21(33-20)35(15-6-5-9-34(17)11-15)23(37)32-18-7-4-8-19(31-18)38-12-16-13-39-24(2,3)40-16/h4,7-8,10,14-16H,5-6,9,11-13H2,1-3H3,(H,30,36)(H,31,32,37)/t14-,15?,16-/m1/s1.